The van der Waals surface area contributed by atoms with E-state index in [0.717, 1.165) is 0 Å². The first-order chi connectivity index (χ1) is 9.66. The first-order valence-corrected chi connectivity index (χ1v) is 8.70. The summed E-state index contributed by atoms with van der Waals surface area (Å²) in [4.78, 5) is 0. The molecule has 0 amide bonds. The lowest BCUT2D eigenvalue weighted by atomic mass is 10.2. The number of hydrogen-bond donors (Lipinski definition) is 1. The van der Waals surface area contributed by atoms with Crippen LogP contribution in [0.1, 0.15) is 36.1 Å². The minimum absolute atomic E-state index is 0.740. The third-order valence-electron chi connectivity index (χ3n) is 3.48. The van der Waals surface area contributed by atoms with Gasteiger partial charge in [0.2, 0.25) is 0 Å². The summed E-state index contributed by atoms with van der Waals surface area (Å²) in [5, 5.41) is 12.5. The van der Waals surface area contributed by atoms with E-state index < -0.39 is 13.3 Å². The third-order valence-corrected chi connectivity index (χ3v) is 6.12. The van der Waals surface area contributed by atoms with Crippen LogP contribution in [-0.2, 0) is 0 Å². The normalized spacial score (nSPS) is 12.0. The van der Waals surface area contributed by atoms with Gasteiger partial charge in [-0.1, -0.05) is 58.7 Å². The van der Waals surface area contributed by atoms with Crippen LogP contribution in [0.15, 0.2) is 36.4 Å². The summed E-state index contributed by atoms with van der Waals surface area (Å²) in [6.07, 6.45) is 0. The molecule has 0 saturated heterocycles. The maximum Gasteiger partial charge on any atom is 0.0862 e. The summed E-state index contributed by atoms with van der Waals surface area (Å²) in [6.45, 7) is 12.3. The molecule has 0 unspecified atom stereocenters. The minimum Gasteiger partial charge on any atom is -0.385 e. The van der Waals surface area contributed by atoms with Gasteiger partial charge in [-0.05, 0) is 60.1 Å². The fourth-order valence-corrected chi connectivity index (χ4v) is 5.83. The maximum absolute atomic E-state index is 10.8. The largest absolute Gasteiger partial charge is 0.385 e. The average molecular weight is 300 g/mol. The average Bonchev–Trinajstić information content (AvgIpc) is 2.23. The van der Waals surface area contributed by atoms with Gasteiger partial charge in [-0.3, -0.25) is 0 Å². The smallest absolute Gasteiger partial charge is 0.0862 e. The number of benzene rings is 2. The van der Waals surface area contributed by atoms with Crippen molar-refractivity contribution in [3.63, 3.8) is 0 Å². The number of aliphatic hydroxyl groups is 1. The van der Waals surface area contributed by atoms with Crippen LogP contribution in [0.3, 0.4) is 0 Å². The van der Waals surface area contributed by atoms with Gasteiger partial charge in [0.15, 0.2) is 0 Å². The highest BCUT2D eigenvalue weighted by atomic mass is 31.1. The second-order valence-electron chi connectivity index (χ2n) is 6.52. The molecule has 0 fully saturated rings. The lowest BCUT2D eigenvalue weighted by Crippen LogP contribution is -2.29. The quantitative estimate of drug-likeness (QED) is 0.847. The molecule has 1 nitrogen and oxygen atoms in total. The fraction of sp³-hybridized carbons (Fsp3) is 0.368. The monoisotopic (exact) mass is 300 g/mol. The van der Waals surface area contributed by atoms with Gasteiger partial charge in [-0.25, -0.2) is 0 Å². The zero-order valence-corrected chi connectivity index (χ0v) is 14.8. The minimum atomic E-state index is -0.801. The second-order valence-corrected chi connectivity index (χ2v) is 9.32. The van der Waals surface area contributed by atoms with E-state index in [-0.39, 0.29) is 0 Å². The fourth-order valence-electron chi connectivity index (χ4n) is 2.94. The zero-order chi connectivity index (χ0) is 15.8. The Labute approximate surface area is 129 Å². The molecular formula is C19H25OP. The Kier molecular flexibility index (Phi) is 4.56. The number of aryl methyl sites for hydroxylation is 4. The van der Waals surface area contributed by atoms with Crippen LogP contribution in [0.5, 0.6) is 0 Å². The van der Waals surface area contributed by atoms with E-state index in [1.54, 1.807) is 0 Å². The Morgan fingerprint density at radius 1 is 0.667 bits per heavy atom. The predicted molar refractivity (Wildman–Crippen MR) is 94.3 cm³/mol. The van der Waals surface area contributed by atoms with Crippen LogP contribution >= 0.6 is 7.92 Å². The van der Waals surface area contributed by atoms with Crippen molar-refractivity contribution in [3.05, 3.63) is 58.7 Å². The Balaban J connectivity index is 2.63. The molecule has 1 N–H and O–H groups in total. The van der Waals surface area contributed by atoms with Crippen molar-refractivity contribution in [3.8, 4) is 0 Å². The van der Waals surface area contributed by atoms with Crippen LogP contribution < -0.4 is 10.6 Å². The van der Waals surface area contributed by atoms with Crippen LogP contribution in [-0.4, -0.2) is 10.4 Å². The van der Waals surface area contributed by atoms with Gasteiger partial charge in [-0.2, -0.15) is 0 Å². The van der Waals surface area contributed by atoms with Gasteiger partial charge in [0.1, 0.15) is 0 Å². The summed E-state index contributed by atoms with van der Waals surface area (Å²) in [5.41, 5.74) is 5.02. The Morgan fingerprint density at radius 2 is 0.952 bits per heavy atom. The van der Waals surface area contributed by atoms with Gasteiger partial charge >= 0.3 is 0 Å². The standard InChI is InChI=1S/C19H25OP/c1-13-7-14(2)10-17(9-13)21(19(5,6)20)18-11-15(3)8-16(4)12-18/h7-12,20H,1-6H3. The van der Waals surface area contributed by atoms with E-state index in [1.165, 1.54) is 32.9 Å². The van der Waals surface area contributed by atoms with E-state index in [1.807, 2.05) is 13.8 Å². The molecule has 0 aliphatic rings. The lowest BCUT2D eigenvalue weighted by molar-refractivity contribution is 0.174. The van der Waals surface area contributed by atoms with Gasteiger partial charge in [0, 0.05) is 0 Å². The maximum atomic E-state index is 10.8. The summed E-state index contributed by atoms with van der Waals surface area (Å²) in [7, 11) is -0.801. The molecule has 0 spiro atoms. The van der Waals surface area contributed by atoms with E-state index in [2.05, 4.69) is 64.1 Å². The SMILES string of the molecule is Cc1cc(C)cc(P(c2cc(C)cc(C)c2)C(C)(C)O)c1. The molecule has 0 atom stereocenters. The Bertz CT molecular complexity index is 561. The Morgan fingerprint density at radius 3 is 1.19 bits per heavy atom. The molecule has 2 aromatic carbocycles. The van der Waals surface area contributed by atoms with Crippen molar-refractivity contribution in [1.82, 2.24) is 0 Å². The van der Waals surface area contributed by atoms with Crippen molar-refractivity contribution in [2.75, 3.05) is 0 Å². The van der Waals surface area contributed by atoms with Crippen LogP contribution in [0, 0.1) is 27.7 Å². The van der Waals surface area contributed by atoms with Crippen molar-refractivity contribution >= 4 is 18.5 Å². The third kappa shape index (κ3) is 3.93. The van der Waals surface area contributed by atoms with Gasteiger partial charge in [0.25, 0.3) is 0 Å². The highest BCUT2D eigenvalue weighted by Crippen LogP contribution is 2.46. The van der Waals surface area contributed by atoms with E-state index in [9.17, 15) is 5.11 Å². The molecule has 2 heteroatoms. The molecule has 2 rings (SSSR count). The van der Waals surface area contributed by atoms with Crippen molar-refractivity contribution in [1.29, 1.82) is 0 Å². The van der Waals surface area contributed by atoms with Gasteiger partial charge < -0.3 is 5.11 Å². The number of hydrogen-bond acceptors (Lipinski definition) is 1. The lowest BCUT2D eigenvalue weighted by Gasteiger charge is -2.31. The first-order valence-electron chi connectivity index (χ1n) is 7.36. The van der Waals surface area contributed by atoms with Crippen molar-refractivity contribution in [2.24, 2.45) is 0 Å². The highest BCUT2D eigenvalue weighted by molar-refractivity contribution is 7.74. The highest BCUT2D eigenvalue weighted by Gasteiger charge is 2.30. The second kappa shape index (κ2) is 5.91. The van der Waals surface area contributed by atoms with Gasteiger partial charge in [-0.15, -0.1) is 0 Å². The molecule has 0 aromatic heterocycles. The molecule has 112 valence electrons. The first kappa shape index (κ1) is 16.2. The summed E-state index contributed by atoms with van der Waals surface area (Å²) >= 11 is 0. The summed E-state index contributed by atoms with van der Waals surface area (Å²) < 4.78 is 0. The summed E-state index contributed by atoms with van der Waals surface area (Å²) in [6, 6.07) is 13.2. The molecule has 0 bridgehead atoms. The van der Waals surface area contributed by atoms with E-state index in [0.29, 0.717) is 0 Å². The molecule has 0 heterocycles. The van der Waals surface area contributed by atoms with Crippen molar-refractivity contribution < 1.29 is 5.11 Å². The molecule has 0 saturated carbocycles. The van der Waals surface area contributed by atoms with Crippen LogP contribution in [0.2, 0.25) is 0 Å². The molecule has 21 heavy (non-hydrogen) atoms. The van der Waals surface area contributed by atoms with Gasteiger partial charge in [0.05, 0.1) is 5.34 Å². The molecule has 2 aromatic rings. The van der Waals surface area contributed by atoms with Crippen molar-refractivity contribution in [2.45, 2.75) is 46.9 Å². The topological polar surface area (TPSA) is 20.2 Å². The van der Waals surface area contributed by atoms with Crippen LogP contribution in [0.4, 0.5) is 0 Å². The van der Waals surface area contributed by atoms with Crippen LogP contribution in [0.25, 0.3) is 0 Å². The zero-order valence-electron chi connectivity index (χ0n) is 13.9. The molecular weight excluding hydrogens is 275 g/mol. The molecule has 0 aliphatic heterocycles. The van der Waals surface area contributed by atoms with E-state index in [4.69, 9.17) is 0 Å². The summed E-state index contributed by atoms with van der Waals surface area (Å²) in [5.74, 6) is 0. The number of rotatable bonds is 3. The Hall–Kier alpha value is -1.17. The molecule has 0 aliphatic carbocycles. The van der Waals surface area contributed by atoms with E-state index >= 15 is 0 Å². The predicted octanol–water partition coefficient (Wildman–Crippen LogP) is 4.08. The molecule has 0 radical (unpaired) electrons.